The number of rotatable bonds is 1. The minimum absolute atomic E-state index is 0.0457. The quantitative estimate of drug-likeness (QED) is 0.714. The number of hydrogen-bond acceptors (Lipinski definition) is 4. The monoisotopic (exact) mass is 260 g/mol. The van der Waals surface area contributed by atoms with Crippen molar-refractivity contribution in [2.45, 2.75) is 20.0 Å². The van der Waals surface area contributed by atoms with Gasteiger partial charge in [0.05, 0.1) is 0 Å². The van der Waals surface area contributed by atoms with Crippen LogP contribution in [0.5, 0.6) is 0 Å². The molecule has 0 saturated carbocycles. The minimum Gasteiger partial charge on any atom is -0.177 e. The molecule has 1 rings (SSSR count). The van der Waals surface area contributed by atoms with Crippen LogP contribution in [0, 0.1) is 5.92 Å². The largest absolute Gasteiger partial charge is 0.442 e. The summed E-state index contributed by atoms with van der Waals surface area (Å²) in [4.78, 5) is 0. The number of halogens is 3. The lowest BCUT2D eigenvalue weighted by atomic mass is 10.2. The summed E-state index contributed by atoms with van der Waals surface area (Å²) in [6.45, 7) is 3.14. The van der Waals surface area contributed by atoms with Crippen LogP contribution >= 0.6 is 0 Å². The van der Waals surface area contributed by atoms with E-state index in [-0.39, 0.29) is 11.0 Å². The van der Waals surface area contributed by atoms with Crippen molar-refractivity contribution >= 4 is 28.8 Å². The first-order chi connectivity index (χ1) is 6.75. The van der Waals surface area contributed by atoms with Crippen molar-refractivity contribution in [2.24, 2.45) is 16.1 Å². The van der Waals surface area contributed by atoms with E-state index in [0.717, 1.165) is 0 Å². The second kappa shape index (κ2) is 4.05. The molecule has 1 unspecified atom stereocenters. The van der Waals surface area contributed by atoms with Gasteiger partial charge in [-0.15, -0.1) is 10.2 Å². The van der Waals surface area contributed by atoms with Crippen LogP contribution in [0.4, 0.5) is 13.2 Å². The molecule has 15 heavy (non-hydrogen) atoms. The first-order valence-electron chi connectivity index (χ1n) is 3.82. The molecule has 86 valence electrons. The molecule has 0 spiro atoms. The summed E-state index contributed by atoms with van der Waals surface area (Å²) >= 11 is 0. The lowest BCUT2D eigenvalue weighted by Crippen LogP contribution is -2.29. The van der Waals surface area contributed by atoms with Crippen LogP contribution in [0.3, 0.4) is 0 Å². The van der Waals surface area contributed by atoms with Gasteiger partial charge in [-0.05, 0) is 0 Å². The van der Waals surface area contributed by atoms with E-state index >= 15 is 0 Å². The lowest BCUT2D eigenvalue weighted by Gasteiger charge is -2.08. The molecule has 0 aliphatic carbocycles. The van der Waals surface area contributed by atoms with E-state index in [4.69, 9.17) is 0 Å². The van der Waals surface area contributed by atoms with Crippen molar-refractivity contribution in [3.05, 3.63) is 0 Å². The fourth-order valence-corrected chi connectivity index (χ4v) is 4.09. The topological polar surface area (TPSA) is 58.9 Å². The molecule has 1 heterocycles. The van der Waals surface area contributed by atoms with Gasteiger partial charge in [-0.1, -0.05) is 13.8 Å². The van der Waals surface area contributed by atoms with Gasteiger partial charge in [0.2, 0.25) is 5.04 Å². The SMILES string of the molecule is CC(C)C1=NN=C(C(F)(F)F)S1=S(=O)=O. The Labute approximate surface area is 87.0 Å². The molecular weight excluding hydrogens is 253 g/mol. The van der Waals surface area contributed by atoms with Gasteiger partial charge in [0, 0.05) is 15.4 Å². The summed E-state index contributed by atoms with van der Waals surface area (Å²) in [7, 11) is -4.93. The summed E-state index contributed by atoms with van der Waals surface area (Å²) in [5.41, 5.74) is 0. The first kappa shape index (κ1) is 12.4. The summed E-state index contributed by atoms with van der Waals surface area (Å²) in [6.07, 6.45) is -4.75. The summed E-state index contributed by atoms with van der Waals surface area (Å²) < 4.78 is 58.5. The third kappa shape index (κ3) is 2.46. The molecule has 0 aromatic carbocycles. The molecule has 9 heteroatoms. The van der Waals surface area contributed by atoms with E-state index in [0.29, 0.717) is 0 Å². The van der Waals surface area contributed by atoms with Crippen LogP contribution in [-0.4, -0.2) is 24.7 Å². The third-order valence-corrected chi connectivity index (χ3v) is 5.15. The van der Waals surface area contributed by atoms with E-state index in [1.54, 1.807) is 13.8 Å². The molecular formula is C6H7F3N2O2S2. The van der Waals surface area contributed by atoms with Crippen molar-refractivity contribution in [1.82, 2.24) is 0 Å². The average molecular weight is 260 g/mol. The molecule has 1 aliphatic heterocycles. The maximum Gasteiger partial charge on any atom is 0.442 e. The predicted molar refractivity (Wildman–Crippen MR) is 52.0 cm³/mol. The molecule has 0 saturated heterocycles. The van der Waals surface area contributed by atoms with Crippen molar-refractivity contribution in [1.29, 1.82) is 0 Å². The zero-order chi connectivity index (χ0) is 11.8. The van der Waals surface area contributed by atoms with Gasteiger partial charge >= 0.3 is 6.18 Å². The van der Waals surface area contributed by atoms with Crippen LogP contribution in [-0.2, 0) is 18.7 Å². The van der Waals surface area contributed by atoms with Crippen LogP contribution < -0.4 is 0 Å². The van der Waals surface area contributed by atoms with Gasteiger partial charge in [0.15, 0.2) is 0 Å². The van der Waals surface area contributed by atoms with Crippen molar-refractivity contribution in [3.8, 4) is 0 Å². The van der Waals surface area contributed by atoms with E-state index in [2.05, 4.69) is 10.2 Å². The molecule has 0 aromatic rings. The maximum atomic E-state index is 12.3. The predicted octanol–water partition coefficient (Wildman–Crippen LogP) is 1.34. The molecule has 0 radical (unpaired) electrons. The van der Waals surface area contributed by atoms with E-state index < -0.39 is 29.9 Å². The standard InChI is InChI=1S/C6H7F3N2O2S2/c1-3(2)4-10-11-5(6(7,8)9)14(4)15(12)13/h3H,1-2H3. The van der Waals surface area contributed by atoms with E-state index in [1.165, 1.54) is 0 Å². The fourth-order valence-electron chi connectivity index (χ4n) is 0.893. The zero-order valence-electron chi connectivity index (χ0n) is 7.74. The van der Waals surface area contributed by atoms with Gasteiger partial charge in [-0.25, -0.2) is 0 Å². The Hall–Kier alpha value is -0.700. The molecule has 1 aliphatic rings. The Bertz CT molecular complexity index is 465. The smallest absolute Gasteiger partial charge is 0.177 e. The van der Waals surface area contributed by atoms with Gasteiger partial charge in [0.25, 0.3) is 9.26 Å². The average Bonchev–Trinajstić information content (AvgIpc) is 2.45. The molecule has 0 aromatic heterocycles. The number of nitrogens with zero attached hydrogens (tertiary/aromatic N) is 2. The normalized spacial score (nSPS) is 21.6. The van der Waals surface area contributed by atoms with Crippen LogP contribution in [0.25, 0.3) is 0 Å². The molecule has 0 N–H and O–H groups in total. The third-order valence-electron chi connectivity index (χ3n) is 1.48. The minimum atomic E-state index is -4.75. The summed E-state index contributed by atoms with van der Waals surface area (Å²) in [5, 5.41) is 4.82. The molecule has 1 atom stereocenters. The second-order valence-electron chi connectivity index (χ2n) is 2.97. The number of alkyl halides is 3. The van der Waals surface area contributed by atoms with Gasteiger partial charge in [-0.2, -0.15) is 21.6 Å². The Morgan fingerprint density at radius 1 is 1.27 bits per heavy atom. The molecule has 4 nitrogen and oxygen atoms in total. The Morgan fingerprint density at radius 2 is 1.80 bits per heavy atom. The highest BCUT2D eigenvalue weighted by Gasteiger charge is 2.44. The van der Waals surface area contributed by atoms with Crippen molar-refractivity contribution in [3.63, 3.8) is 0 Å². The van der Waals surface area contributed by atoms with Crippen LogP contribution in [0.15, 0.2) is 10.2 Å². The Kier molecular flexibility index (Phi) is 3.34. The highest BCUT2D eigenvalue weighted by molar-refractivity contribution is 8.49. The molecule has 0 amide bonds. The molecule has 0 bridgehead atoms. The Balaban J connectivity index is 3.31. The van der Waals surface area contributed by atoms with Gasteiger partial charge in [-0.3, -0.25) is 0 Å². The van der Waals surface area contributed by atoms with Crippen LogP contribution in [0.2, 0.25) is 0 Å². The highest BCUT2D eigenvalue weighted by atomic mass is 32.9. The van der Waals surface area contributed by atoms with Gasteiger partial charge < -0.3 is 0 Å². The fraction of sp³-hybridized carbons (Fsp3) is 0.667. The second-order valence-corrected chi connectivity index (χ2v) is 6.54. The van der Waals surface area contributed by atoms with Gasteiger partial charge in [0.1, 0.15) is 5.04 Å². The van der Waals surface area contributed by atoms with Crippen LogP contribution in [0.1, 0.15) is 13.8 Å². The summed E-state index contributed by atoms with van der Waals surface area (Å²) in [5.74, 6) is -0.380. The maximum absolute atomic E-state index is 12.3. The molecule has 0 fully saturated rings. The van der Waals surface area contributed by atoms with Crippen molar-refractivity contribution in [2.75, 3.05) is 0 Å². The first-order valence-corrected chi connectivity index (χ1v) is 6.63. The summed E-state index contributed by atoms with van der Waals surface area (Å²) in [6, 6.07) is 0. The zero-order valence-corrected chi connectivity index (χ0v) is 9.37. The van der Waals surface area contributed by atoms with E-state index in [1.807, 2.05) is 0 Å². The highest BCUT2D eigenvalue weighted by Crippen LogP contribution is 2.25. The Morgan fingerprint density at radius 3 is 2.13 bits per heavy atom. The lowest BCUT2D eigenvalue weighted by molar-refractivity contribution is -0.0555. The number of hydrogen-bond donors (Lipinski definition) is 0. The van der Waals surface area contributed by atoms with Crippen molar-refractivity contribution < 1.29 is 21.6 Å². The van der Waals surface area contributed by atoms with E-state index in [9.17, 15) is 21.6 Å².